The first kappa shape index (κ1) is 26.5. The van der Waals surface area contributed by atoms with Gasteiger partial charge < -0.3 is 25.6 Å². The number of aliphatic imine (C=N–C) groups is 1. The molecule has 2 rings (SSSR count). The smallest absolute Gasteiger partial charge is 0.251 e. The molecule has 7 nitrogen and oxygen atoms in total. The second-order valence-electron chi connectivity index (χ2n) is 7.55. The summed E-state index contributed by atoms with van der Waals surface area (Å²) in [5.74, 6) is 2.24. The van der Waals surface area contributed by atoms with Crippen LogP contribution in [0.4, 0.5) is 0 Å². The van der Waals surface area contributed by atoms with E-state index in [1.165, 1.54) is 25.9 Å². The topological polar surface area (TPSA) is 78.0 Å². The molecule has 30 heavy (non-hydrogen) atoms. The summed E-state index contributed by atoms with van der Waals surface area (Å²) in [7, 11) is 1.59. The second-order valence-corrected chi connectivity index (χ2v) is 7.55. The fraction of sp³-hybridized carbons (Fsp3) is 0.636. The summed E-state index contributed by atoms with van der Waals surface area (Å²) in [6.45, 7) is 10.7. The number of methoxy groups -OCH3 is 1. The lowest BCUT2D eigenvalue weighted by Crippen LogP contribution is -2.41. The number of halogens is 1. The van der Waals surface area contributed by atoms with E-state index < -0.39 is 0 Å². The summed E-state index contributed by atoms with van der Waals surface area (Å²) in [4.78, 5) is 19.4. The zero-order chi connectivity index (χ0) is 20.9. The summed E-state index contributed by atoms with van der Waals surface area (Å²) < 4.78 is 5.16. The van der Waals surface area contributed by atoms with Crippen LogP contribution in [0.25, 0.3) is 0 Å². The maximum Gasteiger partial charge on any atom is 0.251 e. The molecule has 0 unspecified atom stereocenters. The quantitative estimate of drug-likeness (QED) is 0.187. The molecule has 1 heterocycles. The van der Waals surface area contributed by atoms with E-state index in [4.69, 9.17) is 4.74 Å². The van der Waals surface area contributed by atoms with E-state index in [2.05, 4.69) is 39.7 Å². The molecule has 0 aromatic heterocycles. The van der Waals surface area contributed by atoms with Crippen molar-refractivity contribution in [3.05, 3.63) is 29.8 Å². The van der Waals surface area contributed by atoms with Crippen molar-refractivity contribution >= 4 is 35.8 Å². The number of nitrogens with one attached hydrogen (secondary N) is 3. The van der Waals surface area contributed by atoms with Gasteiger partial charge in [0.2, 0.25) is 0 Å². The Balaban J connectivity index is 0.00000450. The Morgan fingerprint density at radius 1 is 1.20 bits per heavy atom. The van der Waals surface area contributed by atoms with Crippen molar-refractivity contribution in [2.45, 2.75) is 33.1 Å². The molecule has 0 saturated carbocycles. The highest BCUT2D eigenvalue weighted by atomic mass is 127. The highest BCUT2D eigenvalue weighted by Gasteiger charge is 2.14. The molecule has 0 bridgehead atoms. The van der Waals surface area contributed by atoms with Crippen LogP contribution in [0.3, 0.4) is 0 Å². The van der Waals surface area contributed by atoms with Crippen molar-refractivity contribution in [3.8, 4) is 5.75 Å². The summed E-state index contributed by atoms with van der Waals surface area (Å²) in [5, 5.41) is 9.45. The van der Waals surface area contributed by atoms with Crippen molar-refractivity contribution in [2.24, 2.45) is 10.9 Å². The summed E-state index contributed by atoms with van der Waals surface area (Å²) in [6, 6.07) is 7.15. The van der Waals surface area contributed by atoms with E-state index in [1.54, 1.807) is 19.2 Å². The molecule has 1 aromatic carbocycles. The number of nitrogens with zero attached hydrogens (tertiary/aromatic N) is 2. The van der Waals surface area contributed by atoms with Gasteiger partial charge in [-0.05, 0) is 69.9 Å². The minimum absolute atomic E-state index is 0. The molecular formula is C22H38IN5O2. The largest absolute Gasteiger partial charge is 0.497 e. The van der Waals surface area contributed by atoms with Crippen molar-refractivity contribution in [3.63, 3.8) is 0 Å². The molecule has 1 fully saturated rings. The van der Waals surface area contributed by atoms with Crippen LogP contribution in [-0.4, -0.2) is 69.7 Å². The van der Waals surface area contributed by atoms with Gasteiger partial charge in [-0.15, -0.1) is 24.0 Å². The zero-order valence-corrected chi connectivity index (χ0v) is 20.9. The van der Waals surface area contributed by atoms with Crippen LogP contribution < -0.4 is 20.7 Å². The lowest BCUT2D eigenvalue weighted by molar-refractivity contribution is 0.0954. The summed E-state index contributed by atoms with van der Waals surface area (Å²) >= 11 is 0. The van der Waals surface area contributed by atoms with Crippen molar-refractivity contribution in [1.29, 1.82) is 0 Å². The second kappa shape index (κ2) is 15.3. The Bertz CT molecular complexity index is 648. The number of amides is 1. The van der Waals surface area contributed by atoms with Gasteiger partial charge >= 0.3 is 0 Å². The number of benzene rings is 1. The maximum absolute atomic E-state index is 12.2. The summed E-state index contributed by atoms with van der Waals surface area (Å²) in [5.41, 5.74) is 0.594. The standard InChI is InChI=1S/C22H37N5O2.HI/c1-4-23-22(25-11-6-14-27-15-9-18(2)10-16-27)26-13-12-24-21(28)19-7-5-8-20(17-19)29-3;/h5,7-8,17-18H,4,6,9-16H2,1-3H3,(H,24,28)(H2,23,25,26);1H. The number of ether oxygens (including phenoxy) is 1. The Kier molecular flexibility index (Phi) is 13.5. The van der Waals surface area contributed by atoms with E-state index >= 15 is 0 Å². The molecule has 8 heteroatoms. The van der Waals surface area contributed by atoms with Gasteiger partial charge in [-0.25, -0.2) is 0 Å². The summed E-state index contributed by atoms with van der Waals surface area (Å²) in [6.07, 6.45) is 3.70. The number of guanidine groups is 1. The van der Waals surface area contributed by atoms with Crippen molar-refractivity contribution in [1.82, 2.24) is 20.9 Å². The Morgan fingerprint density at radius 2 is 1.93 bits per heavy atom. The highest BCUT2D eigenvalue weighted by molar-refractivity contribution is 14.0. The molecule has 0 aliphatic carbocycles. The van der Waals surface area contributed by atoms with E-state index in [-0.39, 0.29) is 29.9 Å². The Morgan fingerprint density at radius 3 is 2.63 bits per heavy atom. The van der Waals surface area contributed by atoms with Gasteiger partial charge in [0, 0.05) is 31.7 Å². The lowest BCUT2D eigenvalue weighted by atomic mass is 9.99. The van der Waals surface area contributed by atoms with Gasteiger partial charge in [-0.1, -0.05) is 13.0 Å². The van der Waals surface area contributed by atoms with Crippen LogP contribution in [0.5, 0.6) is 5.75 Å². The van der Waals surface area contributed by atoms with E-state index in [9.17, 15) is 4.79 Å². The molecular weight excluding hydrogens is 493 g/mol. The molecule has 1 aromatic rings. The SMILES string of the molecule is CCNC(=NCCCN1CCC(C)CC1)NCCNC(=O)c1cccc(OC)c1.I. The number of piperidine rings is 1. The third kappa shape index (κ3) is 9.97. The molecule has 1 aliphatic rings. The third-order valence-electron chi connectivity index (χ3n) is 5.16. The first-order valence-electron chi connectivity index (χ1n) is 10.8. The number of carbonyl (C=O) groups excluding carboxylic acids is 1. The van der Waals surface area contributed by atoms with Crippen LogP contribution in [0.1, 0.15) is 43.5 Å². The monoisotopic (exact) mass is 531 g/mol. The minimum Gasteiger partial charge on any atom is -0.497 e. The normalized spacial score (nSPS) is 15.2. The van der Waals surface area contributed by atoms with Crippen LogP contribution in [0.2, 0.25) is 0 Å². The average molecular weight is 531 g/mol. The van der Waals surface area contributed by atoms with Gasteiger partial charge in [0.15, 0.2) is 5.96 Å². The molecule has 0 radical (unpaired) electrons. The molecule has 170 valence electrons. The minimum atomic E-state index is -0.108. The van der Waals surface area contributed by atoms with Crippen LogP contribution >= 0.6 is 24.0 Å². The number of carbonyl (C=O) groups is 1. The van der Waals surface area contributed by atoms with Gasteiger partial charge in [0.05, 0.1) is 7.11 Å². The van der Waals surface area contributed by atoms with Crippen molar-refractivity contribution in [2.75, 3.05) is 52.9 Å². The Hall–Kier alpha value is -1.55. The van der Waals surface area contributed by atoms with Gasteiger partial charge in [-0.3, -0.25) is 9.79 Å². The third-order valence-corrected chi connectivity index (χ3v) is 5.16. The molecule has 1 amide bonds. The van der Waals surface area contributed by atoms with E-state index in [1.807, 2.05) is 12.1 Å². The van der Waals surface area contributed by atoms with Crippen molar-refractivity contribution < 1.29 is 9.53 Å². The molecule has 3 N–H and O–H groups in total. The fourth-order valence-corrected chi connectivity index (χ4v) is 3.34. The van der Waals surface area contributed by atoms with Gasteiger partial charge in [0.25, 0.3) is 5.91 Å². The maximum atomic E-state index is 12.2. The first-order valence-corrected chi connectivity index (χ1v) is 10.8. The number of likely N-dealkylation sites (tertiary alicyclic amines) is 1. The van der Waals surface area contributed by atoms with Gasteiger partial charge in [0.1, 0.15) is 5.75 Å². The van der Waals surface area contributed by atoms with Gasteiger partial charge in [-0.2, -0.15) is 0 Å². The fourth-order valence-electron chi connectivity index (χ4n) is 3.34. The Labute approximate surface area is 198 Å². The predicted octanol–water partition coefficient (Wildman–Crippen LogP) is 2.72. The highest BCUT2D eigenvalue weighted by Crippen LogP contribution is 2.15. The molecule has 1 saturated heterocycles. The van der Waals surface area contributed by atoms with Crippen LogP contribution in [0.15, 0.2) is 29.3 Å². The molecule has 1 aliphatic heterocycles. The van der Waals surface area contributed by atoms with Crippen LogP contribution in [0, 0.1) is 5.92 Å². The number of rotatable bonds is 10. The zero-order valence-electron chi connectivity index (χ0n) is 18.6. The average Bonchev–Trinajstić information content (AvgIpc) is 2.75. The predicted molar refractivity (Wildman–Crippen MR) is 134 cm³/mol. The van der Waals surface area contributed by atoms with E-state index in [0.29, 0.717) is 24.4 Å². The number of hydrogen-bond donors (Lipinski definition) is 3. The number of hydrogen-bond acceptors (Lipinski definition) is 4. The van der Waals surface area contributed by atoms with E-state index in [0.717, 1.165) is 37.9 Å². The lowest BCUT2D eigenvalue weighted by Gasteiger charge is -2.29. The molecule has 0 atom stereocenters. The first-order chi connectivity index (χ1) is 14.1. The molecule has 0 spiro atoms. The van der Waals surface area contributed by atoms with Crippen LogP contribution in [-0.2, 0) is 0 Å².